The topological polar surface area (TPSA) is 20.3 Å². The van der Waals surface area contributed by atoms with Crippen molar-refractivity contribution in [3.8, 4) is 0 Å². The van der Waals surface area contributed by atoms with Gasteiger partial charge in [0.1, 0.15) is 5.78 Å². The van der Waals surface area contributed by atoms with E-state index in [2.05, 4.69) is 11.8 Å². The van der Waals surface area contributed by atoms with Crippen molar-refractivity contribution in [2.45, 2.75) is 49.8 Å². The summed E-state index contributed by atoms with van der Waals surface area (Å²) in [7, 11) is 0. The minimum atomic E-state index is -0.0327. The Labute approximate surface area is 120 Å². The number of ketones is 1. The molecular weight excluding hydrogens is 269 g/mol. The molecule has 2 rings (SSSR count). The molecule has 4 atom stereocenters. The lowest BCUT2D eigenvalue weighted by Crippen LogP contribution is -2.41. The van der Waals surface area contributed by atoms with E-state index in [-0.39, 0.29) is 16.7 Å². The van der Waals surface area contributed by atoms with Gasteiger partial charge in [0.2, 0.25) is 0 Å². The van der Waals surface area contributed by atoms with E-state index in [0.717, 1.165) is 38.3 Å². The van der Waals surface area contributed by atoms with Crippen molar-refractivity contribution in [1.29, 1.82) is 0 Å². The van der Waals surface area contributed by atoms with Crippen LogP contribution < -0.4 is 0 Å². The molecule has 0 amide bonds. The lowest BCUT2D eigenvalue weighted by atomic mass is 9.85. The highest BCUT2D eigenvalue weighted by atomic mass is 35.5. The first kappa shape index (κ1) is 14.6. The van der Waals surface area contributed by atoms with Gasteiger partial charge in [-0.3, -0.25) is 9.69 Å². The van der Waals surface area contributed by atoms with Crippen molar-refractivity contribution in [2.24, 2.45) is 11.8 Å². The number of hydrogen-bond acceptors (Lipinski definition) is 2. The van der Waals surface area contributed by atoms with E-state index >= 15 is 0 Å². The van der Waals surface area contributed by atoms with Crippen LogP contribution in [0.2, 0.25) is 0 Å². The van der Waals surface area contributed by atoms with E-state index in [1.807, 2.05) is 0 Å². The van der Waals surface area contributed by atoms with E-state index < -0.39 is 0 Å². The van der Waals surface area contributed by atoms with Crippen LogP contribution in [0.5, 0.6) is 0 Å². The summed E-state index contributed by atoms with van der Waals surface area (Å²) in [6.07, 6.45) is 5.08. The zero-order valence-corrected chi connectivity index (χ0v) is 12.6. The summed E-state index contributed by atoms with van der Waals surface area (Å²) in [5, 5.41) is 0.0142. The fraction of sp³-hybridized carbons (Fsp3) is 0.929. The first-order valence-electron chi connectivity index (χ1n) is 7.09. The second-order valence-electron chi connectivity index (χ2n) is 5.99. The number of carbonyl (C=O) groups excluding carboxylic acids is 1. The fourth-order valence-corrected chi connectivity index (χ4v) is 3.72. The third kappa shape index (κ3) is 3.85. The SMILES string of the molecule is CC1CCCN(CC(=O)C2CCC(Cl)C(Cl)C2)C1. The van der Waals surface area contributed by atoms with E-state index in [4.69, 9.17) is 23.2 Å². The minimum absolute atomic E-state index is 0.0327. The molecule has 1 saturated carbocycles. The van der Waals surface area contributed by atoms with Gasteiger partial charge in [-0.1, -0.05) is 6.92 Å². The molecule has 0 spiro atoms. The molecule has 0 bridgehead atoms. The maximum absolute atomic E-state index is 12.3. The van der Waals surface area contributed by atoms with Gasteiger partial charge in [-0.15, -0.1) is 23.2 Å². The number of rotatable bonds is 3. The summed E-state index contributed by atoms with van der Waals surface area (Å²) in [5.41, 5.74) is 0. The van der Waals surface area contributed by atoms with Crippen molar-refractivity contribution in [3.05, 3.63) is 0 Å². The van der Waals surface area contributed by atoms with Gasteiger partial charge in [-0.2, -0.15) is 0 Å². The maximum Gasteiger partial charge on any atom is 0.149 e. The molecule has 1 heterocycles. The van der Waals surface area contributed by atoms with Gasteiger partial charge in [-0.05, 0) is 44.6 Å². The van der Waals surface area contributed by atoms with Crippen LogP contribution >= 0.6 is 23.2 Å². The first-order valence-corrected chi connectivity index (χ1v) is 7.96. The molecule has 4 heteroatoms. The summed E-state index contributed by atoms with van der Waals surface area (Å²) in [6.45, 7) is 5.03. The minimum Gasteiger partial charge on any atom is -0.298 e. The molecule has 1 aliphatic carbocycles. The Kier molecular flexibility index (Phi) is 5.35. The number of carbonyl (C=O) groups is 1. The Balaban J connectivity index is 1.80. The molecule has 4 unspecified atom stereocenters. The molecule has 104 valence electrons. The highest BCUT2D eigenvalue weighted by Crippen LogP contribution is 2.32. The number of likely N-dealkylation sites (tertiary alicyclic amines) is 1. The van der Waals surface area contributed by atoms with Crippen LogP contribution in [0.15, 0.2) is 0 Å². The molecule has 0 N–H and O–H groups in total. The van der Waals surface area contributed by atoms with Crippen molar-refractivity contribution in [2.75, 3.05) is 19.6 Å². The number of alkyl halides is 2. The average molecular weight is 292 g/mol. The predicted octanol–water partition coefficient (Wildman–Crippen LogP) is 3.30. The molecule has 0 aromatic rings. The van der Waals surface area contributed by atoms with E-state index in [1.54, 1.807) is 0 Å². The highest BCUT2D eigenvalue weighted by Gasteiger charge is 2.32. The maximum atomic E-state index is 12.3. The average Bonchev–Trinajstić information content (AvgIpc) is 2.32. The molecular formula is C14H23Cl2NO. The summed E-state index contributed by atoms with van der Waals surface area (Å²) < 4.78 is 0. The van der Waals surface area contributed by atoms with Crippen molar-refractivity contribution < 1.29 is 4.79 Å². The van der Waals surface area contributed by atoms with E-state index in [9.17, 15) is 4.79 Å². The Morgan fingerprint density at radius 2 is 2.00 bits per heavy atom. The lowest BCUT2D eigenvalue weighted by Gasteiger charge is -2.33. The standard InChI is InChI=1S/C14H23Cl2NO/c1-10-3-2-6-17(8-10)9-14(18)11-4-5-12(15)13(16)7-11/h10-13H,2-9H2,1H3. The van der Waals surface area contributed by atoms with E-state index in [0.29, 0.717) is 12.3 Å². The summed E-state index contributed by atoms with van der Waals surface area (Å²) >= 11 is 12.3. The number of Topliss-reactive ketones (excluding diaryl/α,β-unsaturated/α-hetero) is 1. The first-order chi connectivity index (χ1) is 8.56. The summed E-state index contributed by atoms with van der Waals surface area (Å²) in [6, 6.07) is 0. The van der Waals surface area contributed by atoms with Gasteiger partial charge in [0.05, 0.1) is 11.9 Å². The third-order valence-corrected chi connectivity index (χ3v) is 5.40. The molecule has 0 radical (unpaired) electrons. The van der Waals surface area contributed by atoms with Crippen LogP contribution in [0.25, 0.3) is 0 Å². The van der Waals surface area contributed by atoms with Crippen LogP contribution in [0, 0.1) is 11.8 Å². The largest absolute Gasteiger partial charge is 0.298 e. The van der Waals surface area contributed by atoms with Gasteiger partial charge in [0.25, 0.3) is 0 Å². The quantitative estimate of drug-likeness (QED) is 0.744. The Hall–Kier alpha value is 0.210. The van der Waals surface area contributed by atoms with Crippen LogP contribution in [0.4, 0.5) is 0 Å². The molecule has 2 nitrogen and oxygen atoms in total. The molecule has 1 aliphatic heterocycles. The van der Waals surface area contributed by atoms with Crippen LogP contribution in [-0.4, -0.2) is 41.1 Å². The zero-order valence-electron chi connectivity index (χ0n) is 11.1. The normalized spacial score (nSPS) is 38.6. The highest BCUT2D eigenvalue weighted by molar-refractivity contribution is 6.30. The number of piperidine rings is 1. The van der Waals surface area contributed by atoms with Gasteiger partial charge in [0.15, 0.2) is 0 Å². The molecule has 1 saturated heterocycles. The Morgan fingerprint density at radius 1 is 1.22 bits per heavy atom. The van der Waals surface area contributed by atoms with Gasteiger partial charge in [0, 0.05) is 17.8 Å². The summed E-state index contributed by atoms with van der Waals surface area (Å²) in [4.78, 5) is 14.6. The molecule has 0 aromatic carbocycles. The Bertz CT molecular complexity index is 298. The van der Waals surface area contributed by atoms with Crippen LogP contribution in [-0.2, 0) is 4.79 Å². The number of hydrogen-bond donors (Lipinski definition) is 0. The van der Waals surface area contributed by atoms with Gasteiger partial charge >= 0.3 is 0 Å². The van der Waals surface area contributed by atoms with Crippen molar-refractivity contribution in [1.82, 2.24) is 4.90 Å². The van der Waals surface area contributed by atoms with Gasteiger partial charge < -0.3 is 0 Å². The number of halogens is 2. The molecule has 0 aromatic heterocycles. The van der Waals surface area contributed by atoms with Crippen LogP contribution in [0.1, 0.15) is 39.0 Å². The number of nitrogens with zero attached hydrogens (tertiary/aromatic N) is 1. The summed E-state index contributed by atoms with van der Waals surface area (Å²) in [5.74, 6) is 1.24. The fourth-order valence-electron chi connectivity index (χ4n) is 3.15. The van der Waals surface area contributed by atoms with Crippen molar-refractivity contribution >= 4 is 29.0 Å². The third-order valence-electron chi connectivity index (χ3n) is 4.27. The lowest BCUT2D eigenvalue weighted by molar-refractivity contribution is -0.125. The second kappa shape index (κ2) is 6.58. The zero-order chi connectivity index (χ0) is 13.1. The monoisotopic (exact) mass is 291 g/mol. The van der Waals surface area contributed by atoms with Gasteiger partial charge in [-0.25, -0.2) is 0 Å². The predicted molar refractivity (Wildman–Crippen MR) is 76.5 cm³/mol. The smallest absolute Gasteiger partial charge is 0.149 e. The molecule has 18 heavy (non-hydrogen) atoms. The molecule has 2 aliphatic rings. The second-order valence-corrected chi connectivity index (χ2v) is 7.11. The Morgan fingerprint density at radius 3 is 2.67 bits per heavy atom. The van der Waals surface area contributed by atoms with Crippen LogP contribution in [0.3, 0.4) is 0 Å². The van der Waals surface area contributed by atoms with E-state index in [1.165, 1.54) is 12.8 Å². The molecule has 2 fully saturated rings. The van der Waals surface area contributed by atoms with Crippen molar-refractivity contribution in [3.63, 3.8) is 0 Å².